The molecule has 0 aromatic heterocycles. The molecule has 0 aliphatic rings. The second kappa shape index (κ2) is 11.3. The van der Waals surface area contributed by atoms with Crippen LogP contribution in [-0.4, -0.2) is 4.90 Å². The van der Waals surface area contributed by atoms with Crippen molar-refractivity contribution in [3.63, 3.8) is 0 Å². The molecule has 0 amide bonds. The summed E-state index contributed by atoms with van der Waals surface area (Å²) in [5.41, 5.74) is 2.82. The Morgan fingerprint density at radius 3 is 1.67 bits per heavy atom. The molecule has 0 aromatic rings. The van der Waals surface area contributed by atoms with Gasteiger partial charge in [0.25, 0.3) is 0 Å². The lowest BCUT2D eigenvalue weighted by atomic mass is 10.2. The monoisotopic (exact) mass is 279 g/mol. The minimum Gasteiger partial charge on any atom is -0.311 e. The Morgan fingerprint density at radius 2 is 1.24 bits per heavy atom. The molecule has 1 heteroatoms. The van der Waals surface area contributed by atoms with Crippen LogP contribution < -0.4 is 0 Å². The number of hydrogen-bond acceptors (Lipinski definition) is 1. The second-order valence-corrected chi connectivity index (χ2v) is 4.02. The molecule has 110 valence electrons. The molecule has 0 saturated heterocycles. The molecular weight excluding hydrogens is 254 g/mol. The summed E-state index contributed by atoms with van der Waals surface area (Å²) >= 11 is 0. The quantitative estimate of drug-likeness (QED) is 0.479. The highest BCUT2D eigenvalue weighted by Gasteiger charge is 2.12. The number of nitrogens with zero attached hydrogens (tertiary/aromatic N) is 1. The molecule has 0 aliphatic heterocycles. The normalized spacial score (nSPS) is 13.5. The third kappa shape index (κ3) is 5.96. The summed E-state index contributed by atoms with van der Waals surface area (Å²) in [6.07, 6.45) is 20.9. The van der Waals surface area contributed by atoms with E-state index in [2.05, 4.69) is 26.3 Å². The van der Waals surface area contributed by atoms with E-state index < -0.39 is 0 Å². The predicted octanol–water partition coefficient (Wildman–Crippen LogP) is 5.84. The summed E-state index contributed by atoms with van der Waals surface area (Å²) in [5, 5.41) is 0. The Hall–Kier alpha value is -2.54. The van der Waals surface area contributed by atoms with Crippen LogP contribution in [0.5, 0.6) is 0 Å². The molecular formula is C20H25N. The molecule has 0 bridgehead atoms. The lowest BCUT2D eigenvalue weighted by Crippen LogP contribution is -2.19. The molecule has 0 spiro atoms. The van der Waals surface area contributed by atoms with E-state index in [-0.39, 0.29) is 0 Å². The first-order valence-corrected chi connectivity index (χ1v) is 6.86. The van der Waals surface area contributed by atoms with Crippen LogP contribution in [0.15, 0.2) is 110 Å². The molecule has 21 heavy (non-hydrogen) atoms. The van der Waals surface area contributed by atoms with E-state index in [1.54, 1.807) is 24.3 Å². The average molecular weight is 279 g/mol. The van der Waals surface area contributed by atoms with E-state index >= 15 is 0 Å². The van der Waals surface area contributed by atoms with Crippen LogP contribution in [0.3, 0.4) is 0 Å². The smallest absolute Gasteiger partial charge is 0.0458 e. The van der Waals surface area contributed by atoms with Gasteiger partial charge in [0.2, 0.25) is 0 Å². The molecule has 0 radical (unpaired) electrons. The maximum absolute atomic E-state index is 3.91. The fourth-order valence-electron chi connectivity index (χ4n) is 1.73. The van der Waals surface area contributed by atoms with Gasteiger partial charge in [-0.25, -0.2) is 0 Å². The van der Waals surface area contributed by atoms with Crippen molar-refractivity contribution in [2.45, 2.75) is 13.8 Å². The fraction of sp³-hybridized carbons (Fsp3) is 0.100. The minimum absolute atomic E-state index is 0.909. The van der Waals surface area contributed by atoms with Gasteiger partial charge in [-0.2, -0.15) is 0 Å². The minimum atomic E-state index is 0.909. The topological polar surface area (TPSA) is 3.24 Å². The first kappa shape index (κ1) is 18.5. The van der Waals surface area contributed by atoms with Crippen LogP contribution in [-0.2, 0) is 0 Å². The number of allylic oxidation sites excluding steroid dienone is 11. The van der Waals surface area contributed by atoms with Gasteiger partial charge in [0, 0.05) is 17.1 Å². The van der Waals surface area contributed by atoms with Crippen molar-refractivity contribution in [2.24, 2.45) is 0 Å². The van der Waals surface area contributed by atoms with Crippen molar-refractivity contribution in [1.29, 1.82) is 0 Å². The van der Waals surface area contributed by atoms with Crippen LogP contribution in [0.1, 0.15) is 13.8 Å². The average Bonchev–Trinajstić information content (AvgIpc) is 2.49. The van der Waals surface area contributed by atoms with Crippen LogP contribution in [0.2, 0.25) is 0 Å². The molecule has 0 heterocycles. The summed E-state index contributed by atoms with van der Waals surface area (Å²) < 4.78 is 0. The number of hydrogen-bond donors (Lipinski definition) is 0. The van der Waals surface area contributed by atoms with E-state index in [1.165, 1.54) is 0 Å². The highest BCUT2D eigenvalue weighted by Crippen LogP contribution is 2.23. The van der Waals surface area contributed by atoms with E-state index in [9.17, 15) is 0 Å². The highest BCUT2D eigenvalue weighted by molar-refractivity contribution is 5.40. The zero-order valence-electron chi connectivity index (χ0n) is 13.1. The molecule has 0 aromatic carbocycles. The largest absolute Gasteiger partial charge is 0.311 e. The van der Waals surface area contributed by atoms with Gasteiger partial charge in [0.05, 0.1) is 0 Å². The summed E-state index contributed by atoms with van der Waals surface area (Å²) in [6.45, 7) is 19.3. The Labute approximate surface area is 129 Å². The Balaban J connectivity index is 6.21. The summed E-state index contributed by atoms with van der Waals surface area (Å²) in [4.78, 5) is 2.04. The maximum atomic E-state index is 3.91. The maximum Gasteiger partial charge on any atom is 0.0458 e. The van der Waals surface area contributed by atoms with E-state index in [0.717, 1.165) is 17.1 Å². The van der Waals surface area contributed by atoms with Crippen molar-refractivity contribution in [3.8, 4) is 0 Å². The van der Waals surface area contributed by atoms with Gasteiger partial charge < -0.3 is 4.90 Å². The van der Waals surface area contributed by atoms with Gasteiger partial charge in [0.1, 0.15) is 0 Å². The molecule has 0 saturated carbocycles. The van der Waals surface area contributed by atoms with Crippen LogP contribution in [0, 0.1) is 0 Å². The van der Waals surface area contributed by atoms with Crippen LogP contribution in [0.4, 0.5) is 0 Å². The van der Waals surface area contributed by atoms with Crippen molar-refractivity contribution in [3.05, 3.63) is 110 Å². The highest BCUT2D eigenvalue weighted by atomic mass is 15.2. The van der Waals surface area contributed by atoms with Crippen molar-refractivity contribution in [1.82, 2.24) is 4.90 Å². The van der Waals surface area contributed by atoms with Crippen LogP contribution >= 0.6 is 0 Å². The van der Waals surface area contributed by atoms with Crippen molar-refractivity contribution in [2.75, 3.05) is 0 Å². The molecule has 0 aliphatic carbocycles. The van der Waals surface area contributed by atoms with Gasteiger partial charge in [-0.1, -0.05) is 56.7 Å². The van der Waals surface area contributed by atoms with Gasteiger partial charge in [-0.15, -0.1) is 0 Å². The van der Waals surface area contributed by atoms with E-state index in [1.807, 2.05) is 61.3 Å². The molecule has 0 unspecified atom stereocenters. The standard InChI is InChI=1S/C20H25N/c1-7-13-17-19(12-6)21(18(11-5)14-8-2)20(15-9-3)16-10-4/h7-17H,2-3,5-6H2,1,4H3/b13-7-,16-10-,18-14+,19-17+,20-15+. The van der Waals surface area contributed by atoms with Crippen LogP contribution in [0.25, 0.3) is 0 Å². The SMILES string of the molecule is C=C/C=C(\C=C)N(/C(C=C)=C/C=C\C)C(/C=C\C)=C/C=C. The predicted molar refractivity (Wildman–Crippen MR) is 96.5 cm³/mol. The lowest BCUT2D eigenvalue weighted by molar-refractivity contribution is 0.578. The zero-order valence-corrected chi connectivity index (χ0v) is 13.1. The molecule has 1 nitrogen and oxygen atoms in total. The van der Waals surface area contributed by atoms with Gasteiger partial charge in [-0.05, 0) is 50.3 Å². The zero-order chi connectivity index (χ0) is 16.1. The molecule has 0 fully saturated rings. The second-order valence-electron chi connectivity index (χ2n) is 4.02. The number of rotatable bonds is 9. The van der Waals surface area contributed by atoms with Crippen molar-refractivity contribution >= 4 is 0 Å². The van der Waals surface area contributed by atoms with Gasteiger partial charge in [0.15, 0.2) is 0 Å². The first-order valence-electron chi connectivity index (χ1n) is 6.86. The Morgan fingerprint density at radius 1 is 0.714 bits per heavy atom. The molecule has 0 N–H and O–H groups in total. The molecule has 0 rings (SSSR count). The van der Waals surface area contributed by atoms with Crippen molar-refractivity contribution < 1.29 is 0 Å². The Bertz CT molecular complexity index is 522. The summed E-state index contributed by atoms with van der Waals surface area (Å²) in [6, 6.07) is 0. The third-order valence-electron chi connectivity index (χ3n) is 2.57. The lowest BCUT2D eigenvalue weighted by Gasteiger charge is -2.27. The van der Waals surface area contributed by atoms with Gasteiger partial charge >= 0.3 is 0 Å². The Kier molecular flexibility index (Phi) is 9.93. The molecule has 0 atom stereocenters. The summed E-state index contributed by atoms with van der Waals surface area (Å²) in [7, 11) is 0. The first-order chi connectivity index (χ1) is 10.2. The third-order valence-corrected chi connectivity index (χ3v) is 2.57. The fourth-order valence-corrected chi connectivity index (χ4v) is 1.73. The van der Waals surface area contributed by atoms with Gasteiger partial charge in [-0.3, -0.25) is 0 Å². The summed E-state index contributed by atoms with van der Waals surface area (Å²) in [5.74, 6) is 0. The van der Waals surface area contributed by atoms with E-state index in [0.29, 0.717) is 0 Å². The van der Waals surface area contributed by atoms with E-state index in [4.69, 9.17) is 0 Å².